The van der Waals surface area contributed by atoms with Crippen molar-refractivity contribution in [1.29, 1.82) is 0 Å². The first-order chi connectivity index (χ1) is 7.66. The van der Waals surface area contributed by atoms with Crippen molar-refractivity contribution in [2.24, 2.45) is 0 Å². The molecule has 0 aliphatic carbocycles. The number of hydrogen-bond donors (Lipinski definition) is 0. The lowest BCUT2D eigenvalue weighted by Crippen LogP contribution is -2.01. The lowest BCUT2D eigenvalue weighted by atomic mass is 10.2. The van der Waals surface area contributed by atoms with Crippen LogP contribution in [0.3, 0.4) is 0 Å². The van der Waals surface area contributed by atoms with E-state index in [1.54, 1.807) is 0 Å². The topological polar surface area (TPSA) is 17.1 Å². The number of hydrogen-bond acceptors (Lipinski definition) is 1. The summed E-state index contributed by atoms with van der Waals surface area (Å²) in [6.45, 7) is 0. The molecular formula is C13H8F2O. The van der Waals surface area contributed by atoms with Crippen molar-refractivity contribution in [3.05, 3.63) is 71.3 Å². The Morgan fingerprint density at radius 3 is 1.31 bits per heavy atom. The molecule has 3 heteroatoms. The summed E-state index contributed by atoms with van der Waals surface area (Å²) in [7, 11) is 0. The summed E-state index contributed by atoms with van der Waals surface area (Å²) in [5.41, 5.74) is 0.765. The van der Waals surface area contributed by atoms with Crippen LogP contribution in [0.2, 0.25) is 0 Å². The molecule has 0 N–H and O–H groups in total. The summed E-state index contributed by atoms with van der Waals surface area (Å²) in [6, 6.07) is 10.5. The number of rotatable bonds is 2. The highest BCUT2D eigenvalue weighted by Gasteiger charge is 2.08. The van der Waals surface area contributed by atoms with Crippen LogP contribution in [0.4, 0.5) is 8.78 Å². The summed E-state index contributed by atoms with van der Waals surface area (Å²) in [4.78, 5) is 11.8. The predicted molar refractivity (Wildman–Crippen MR) is 56.2 cm³/mol. The zero-order valence-electron chi connectivity index (χ0n) is 8.28. The van der Waals surface area contributed by atoms with Gasteiger partial charge in [-0.3, -0.25) is 4.79 Å². The number of halogens is 2. The summed E-state index contributed by atoms with van der Waals surface area (Å²) in [6.07, 6.45) is 0. The number of benzene rings is 2. The van der Waals surface area contributed by atoms with Crippen molar-refractivity contribution in [2.45, 2.75) is 0 Å². The van der Waals surface area contributed by atoms with Crippen molar-refractivity contribution in [3.8, 4) is 0 Å². The van der Waals surface area contributed by atoms with Crippen LogP contribution in [-0.4, -0.2) is 5.78 Å². The lowest BCUT2D eigenvalue weighted by Gasteiger charge is -2.00. The first-order valence-corrected chi connectivity index (χ1v) is 4.72. The Kier molecular flexibility index (Phi) is 2.77. The minimum atomic E-state index is -0.393. The normalized spacial score (nSPS) is 10.1. The molecule has 0 heterocycles. The third kappa shape index (κ3) is 2.14. The molecule has 2 aromatic carbocycles. The smallest absolute Gasteiger partial charge is 0.193 e. The highest BCUT2D eigenvalue weighted by Crippen LogP contribution is 2.11. The van der Waals surface area contributed by atoms with Gasteiger partial charge in [0.2, 0.25) is 0 Å². The Hall–Kier alpha value is -2.03. The second kappa shape index (κ2) is 4.23. The zero-order chi connectivity index (χ0) is 11.5. The maximum atomic E-state index is 12.6. The van der Waals surface area contributed by atoms with E-state index in [0.717, 1.165) is 0 Å². The average Bonchev–Trinajstić information content (AvgIpc) is 2.30. The minimum Gasteiger partial charge on any atom is -0.289 e. The van der Waals surface area contributed by atoms with E-state index in [1.165, 1.54) is 48.5 Å². The SMILES string of the molecule is O=[14C](c1ccc(F)cc1)c1ccc(F)cc1. The van der Waals surface area contributed by atoms with E-state index in [2.05, 4.69) is 0 Å². The Labute approximate surface area is 91.3 Å². The van der Waals surface area contributed by atoms with E-state index in [0.29, 0.717) is 11.1 Å². The van der Waals surface area contributed by atoms with E-state index in [1.807, 2.05) is 0 Å². The molecule has 0 radical (unpaired) electrons. The summed E-state index contributed by atoms with van der Waals surface area (Å²) < 4.78 is 25.3. The van der Waals surface area contributed by atoms with Gasteiger partial charge in [-0.05, 0) is 48.5 Å². The highest BCUT2D eigenvalue weighted by atomic mass is 19.1. The Morgan fingerprint density at radius 2 is 1.00 bits per heavy atom. The summed E-state index contributed by atoms with van der Waals surface area (Å²) in [5.74, 6) is -1.04. The second-order valence-electron chi connectivity index (χ2n) is 3.34. The Balaban J connectivity index is 2.32. The largest absolute Gasteiger partial charge is 0.289 e. The van der Waals surface area contributed by atoms with Crippen LogP contribution in [-0.2, 0) is 0 Å². The average molecular weight is 220 g/mol. The van der Waals surface area contributed by atoms with E-state index in [9.17, 15) is 13.6 Å². The Bertz CT molecular complexity index is 453. The van der Waals surface area contributed by atoms with E-state index in [-0.39, 0.29) is 5.78 Å². The highest BCUT2D eigenvalue weighted by molar-refractivity contribution is 6.08. The Morgan fingerprint density at radius 1 is 0.688 bits per heavy atom. The van der Waals surface area contributed by atoms with Crippen molar-refractivity contribution in [1.82, 2.24) is 0 Å². The fourth-order valence-electron chi connectivity index (χ4n) is 1.37. The molecule has 0 amide bonds. The molecule has 0 saturated carbocycles. The van der Waals surface area contributed by atoms with Crippen molar-refractivity contribution in [3.63, 3.8) is 0 Å². The molecule has 2 aromatic rings. The van der Waals surface area contributed by atoms with E-state index < -0.39 is 11.6 Å². The molecule has 0 spiro atoms. The predicted octanol–water partition coefficient (Wildman–Crippen LogP) is 3.20. The molecular weight excluding hydrogens is 212 g/mol. The standard InChI is InChI=1S/C13H8F2O/c14-11-5-1-9(2-6-11)13(16)10-3-7-12(15)8-4-10/h1-8H/i13+2. The van der Waals surface area contributed by atoms with Crippen molar-refractivity contribution in [2.75, 3.05) is 0 Å². The van der Waals surface area contributed by atoms with Gasteiger partial charge in [0.15, 0.2) is 5.78 Å². The van der Waals surface area contributed by atoms with Gasteiger partial charge in [0.05, 0.1) is 0 Å². The van der Waals surface area contributed by atoms with Gasteiger partial charge < -0.3 is 0 Å². The van der Waals surface area contributed by atoms with Gasteiger partial charge in [-0.1, -0.05) is 0 Å². The first-order valence-electron chi connectivity index (χ1n) is 4.72. The van der Waals surface area contributed by atoms with E-state index >= 15 is 0 Å². The molecule has 80 valence electrons. The van der Waals surface area contributed by atoms with Crippen molar-refractivity contribution < 1.29 is 13.6 Å². The van der Waals surface area contributed by atoms with Gasteiger partial charge in [0.25, 0.3) is 0 Å². The number of carbonyl (C=O) groups excluding carboxylic acids is 1. The molecule has 0 saturated heterocycles. The van der Waals surface area contributed by atoms with Gasteiger partial charge in [-0.25, -0.2) is 8.78 Å². The van der Waals surface area contributed by atoms with Crippen LogP contribution < -0.4 is 0 Å². The van der Waals surface area contributed by atoms with Crippen LogP contribution in [0.25, 0.3) is 0 Å². The molecule has 0 aromatic heterocycles. The molecule has 0 fully saturated rings. The molecule has 1 nitrogen and oxygen atoms in total. The van der Waals surface area contributed by atoms with Crippen LogP contribution in [0.15, 0.2) is 48.5 Å². The van der Waals surface area contributed by atoms with E-state index in [4.69, 9.17) is 0 Å². The molecule has 16 heavy (non-hydrogen) atoms. The van der Waals surface area contributed by atoms with Crippen LogP contribution >= 0.6 is 0 Å². The lowest BCUT2D eigenvalue weighted by molar-refractivity contribution is 0.103. The van der Waals surface area contributed by atoms with Crippen LogP contribution in [0.1, 0.15) is 15.9 Å². The maximum Gasteiger partial charge on any atom is 0.193 e. The number of carbonyl (C=O) groups is 1. The quantitative estimate of drug-likeness (QED) is 0.710. The number of ketones is 1. The minimum absolute atomic E-state index is 0.250. The summed E-state index contributed by atoms with van der Waals surface area (Å²) in [5, 5.41) is 0. The van der Waals surface area contributed by atoms with Gasteiger partial charge >= 0.3 is 0 Å². The van der Waals surface area contributed by atoms with Crippen LogP contribution in [0, 0.1) is 11.6 Å². The monoisotopic (exact) mass is 220 g/mol. The van der Waals surface area contributed by atoms with Crippen LogP contribution in [0.5, 0.6) is 0 Å². The summed E-state index contributed by atoms with van der Waals surface area (Å²) >= 11 is 0. The van der Waals surface area contributed by atoms with Crippen molar-refractivity contribution >= 4 is 5.78 Å². The maximum absolute atomic E-state index is 12.6. The molecule has 0 bridgehead atoms. The second-order valence-corrected chi connectivity index (χ2v) is 3.34. The first kappa shape index (κ1) is 10.5. The van der Waals surface area contributed by atoms with Gasteiger partial charge in [-0.15, -0.1) is 0 Å². The molecule has 0 aliphatic rings. The fraction of sp³-hybridized carbons (Fsp3) is 0. The van der Waals surface area contributed by atoms with Gasteiger partial charge in [-0.2, -0.15) is 0 Å². The fourth-order valence-corrected chi connectivity index (χ4v) is 1.37. The molecule has 2 rings (SSSR count). The molecule has 0 unspecified atom stereocenters. The van der Waals surface area contributed by atoms with Gasteiger partial charge in [0.1, 0.15) is 11.6 Å². The third-order valence-corrected chi connectivity index (χ3v) is 2.21. The molecule has 0 aliphatic heterocycles. The zero-order valence-corrected chi connectivity index (χ0v) is 8.28. The third-order valence-electron chi connectivity index (χ3n) is 2.21. The van der Waals surface area contributed by atoms with Gasteiger partial charge in [0, 0.05) is 11.1 Å². The molecule has 0 atom stereocenters.